The SMILES string of the molecule is COC(=O)CNC(=O)CSc1nccn1-c1ccc(C(C)C)cc1. The summed E-state index contributed by atoms with van der Waals surface area (Å²) in [4.78, 5) is 27.0. The number of ether oxygens (including phenoxy) is 1. The molecule has 1 aromatic heterocycles. The molecule has 7 heteroatoms. The van der Waals surface area contributed by atoms with Crippen molar-refractivity contribution in [3.05, 3.63) is 42.2 Å². The predicted octanol–water partition coefficient (Wildman–Crippen LogP) is 2.38. The number of nitrogens with one attached hydrogen (secondary N) is 1. The number of imidazole rings is 1. The zero-order valence-corrected chi connectivity index (χ0v) is 14.8. The van der Waals surface area contributed by atoms with E-state index < -0.39 is 5.97 Å². The summed E-state index contributed by atoms with van der Waals surface area (Å²) in [6.07, 6.45) is 3.56. The summed E-state index contributed by atoms with van der Waals surface area (Å²) in [5.41, 5.74) is 2.27. The van der Waals surface area contributed by atoms with Gasteiger partial charge in [0, 0.05) is 18.1 Å². The quantitative estimate of drug-likeness (QED) is 0.615. The average molecular weight is 347 g/mol. The Labute approximate surface area is 145 Å². The van der Waals surface area contributed by atoms with Gasteiger partial charge < -0.3 is 10.1 Å². The minimum atomic E-state index is -0.472. The average Bonchev–Trinajstić information content (AvgIpc) is 3.06. The fourth-order valence-electron chi connectivity index (χ4n) is 2.04. The van der Waals surface area contributed by atoms with Crippen LogP contribution in [0.15, 0.2) is 41.8 Å². The first-order valence-corrected chi connectivity index (χ1v) is 8.59. The summed E-state index contributed by atoms with van der Waals surface area (Å²) in [6, 6.07) is 8.27. The van der Waals surface area contributed by atoms with E-state index in [2.05, 4.69) is 41.0 Å². The number of benzene rings is 1. The van der Waals surface area contributed by atoms with Crippen molar-refractivity contribution in [2.75, 3.05) is 19.4 Å². The van der Waals surface area contributed by atoms with Gasteiger partial charge in [0.1, 0.15) is 6.54 Å². The van der Waals surface area contributed by atoms with Gasteiger partial charge in [-0.3, -0.25) is 14.2 Å². The van der Waals surface area contributed by atoms with Crippen LogP contribution in [0.2, 0.25) is 0 Å². The number of hydrogen-bond acceptors (Lipinski definition) is 5. The molecule has 0 saturated heterocycles. The molecule has 0 fully saturated rings. The number of methoxy groups -OCH3 is 1. The van der Waals surface area contributed by atoms with Gasteiger partial charge in [0.25, 0.3) is 0 Å². The van der Waals surface area contributed by atoms with Crippen LogP contribution in [-0.2, 0) is 14.3 Å². The third-order valence-corrected chi connectivity index (χ3v) is 4.40. The molecule has 24 heavy (non-hydrogen) atoms. The zero-order chi connectivity index (χ0) is 17.5. The molecule has 6 nitrogen and oxygen atoms in total. The van der Waals surface area contributed by atoms with Crippen LogP contribution in [0.25, 0.3) is 5.69 Å². The number of hydrogen-bond donors (Lipinski definition) is 1. The Morgan fingerprint density at radius 3 is 2.62 bits per heavy atom. The summed E-state index contributed by atoms with van der Waals surface area (Å²) in [5.74, 6) is -0.0534. The van der Waals surface area contributed by atoms with Gasteiger partial charge in [-0.15, -0.1) is 0 Å². The lowest BCUT2D eigenvalue weighted by molar-refractivity contribution is -0.140. The Kier molecular flexibility index (Phi) is 6.43. The molecule has 0 saturated carbocycles. The maximum atomic E-state index is 11.7. The van der Waals surface area contributed by atoms with Gasteiger partial charge in [-0.1, -0.05) is 37.7 Å². The summed E-state index contributed by atoms with van der Waals surface area (Å²) in [7, 11) is 1.28. The molecule has 0 bridgehead atoms. The van der Waals surface area contributed by atoms with Crippen molar-refractivity contribution >= 4 is 23.6 Å². The number of nitrogens with zero attached hydrogens (tertiary/aromatic N) is 2. The molecule has 1 heterocycles. The maximum Gasteiger partial charge on any atom is 0.325 e. The highest BCUT2D eigenvalue weighted by Crippen LogP contribution is 2.22. The summed E-state index contributed by atoms with van der Waals surface area (Å²) in [6.45, 7) is 4.18. The van der Waals surface area contributed by atoms with E-state index in [1.54, 1.807) is 6.20 Å². The molecule has 0 aliphatic carbocycles. The van der Waals surface area contributed by atoms with Gasteiger partial charge in [0.05, 0.1) is 12.9 Å². The first kappa shape index (κ1) is 18.1. The van der Waals surface area contributed by atoms with E-state index in [0.29, 0.717) is 5.92 Å². The van der Waals surface area contributed by atoms with E-state index in [9.17, 15) is 9.59 Å². The van der Waals surface area contributed by atoms with Crippen LogP contribution in [0.5, 0.6) is 0 Å². The molecule has 0 atom stereocenters. The Morgan fingerprint density at radius 1 is 1.29 bits per heavy atom. The molecule has 1 aromatic carbocycles. The molecule has 0 radical (unpaired) electrons. The fraction of sp³-hybridized carbons (Fsp3) is 0.353. The zero-order valence-electron chi connectivity index (χ0n) is 14.0. The van der Waals surface area contributed by atoms with Crippen molar-refractivity contribution in [2.45, 2.75) is 24.9 Å². The van der Waals surface area contributed by atoms with Crippen molar-refractivity contribution in [1.82, 2.24) is 14.9 Å². The van der Waals surface area contributed by atoms with Gasteiger partial charge in [0.2, 0.25) is 5.91 Å². The highest BCUT2D eigenvalue weighted by molar-refractivity contribution is 7.99. The predicted molar refractivity (Wildman–Crippen MR) is 93.4 cm³/mol. The van der Waals surface area contributed by atoms with E-state index in [1.165, 1.54) is 24.4 Å². The maximum absolute atomic E-state index is 11.7. The van der Waals surface area contributed by atoms with Crippen molar-refractivity contribution in [3.8, 4) is 5.69 Å². The molecule has 0 spiro atoms. The Bertz CT molecular complexity index is 695. The fourth-order valence-corrected chi connectivity index (χ4v) is 2.84. The Balaban J connectivity index is 1.97. The molecule has 128 valence electrons. The van der Waals surface area contributed by atoms with Crippen LogP contribution >= 0.6 is 11.8 Å². The number of amides is 1. The topological polar surface area (TPSA) is 73.2 Å². The molecule has 0 aliphatic rings. The minimum Gasteiger partial charge on any atom is -0.468 e. The molecular formula is C17H21N3O3S. The lowest BCUT2D eigenvalue weighted by Gasteiger charge is -2.10. The van der Waals surface area contributed by atoms with E-state index in [0.717, 1.165) is 10.8 Å². The molecule has 0 aliphatic heterocycles. The number of esters is 1. The minimum absolute atomic E-state index is 0.124. The van der Waals surface area contributed by atoms with Crippen molar-refractivity contribution in [3.63, 3.8) is 0 Å². The number of rotatable bonds is 7. The second-order valence-corrected chi connectivity index (χ2v) is 6.41. The van der Waals surface area contributed by atoms with Crippen LogP contribution in [-0.4, -0.2) is 40.8 Å². The van der Waals surface area contributed by atoms with Gasteiger partial charge >= 0.3 is 5.97 Å². The lowest BCUT2D eigenvalue weighted by atomic mass is 10.0. The van der Waals surface area contributed by atoms with E-state index in [-0.39, 0.29) is 18.2 Å². The largest absolute Gasteiger partial charge is 0.468 e. The normalized spacial score (nSPS) is 10.7. The standard InChI is InChI=1S/C17H21N3O3S/c1-12(2)13-4-6-14(7-5-13)20-9-8-18-17(20)24-11-15(21)19-10-16(22)23-3/h4-9,12H,10-11H2,1-3H3,(H,19,21). The number of carbonyl (C=O) groups is 2. The van der Waals surface area contributed by atoms with E-state index in [1.807, 2.05) is 22.9 Å². The van der Waals surface area contributed by atoms with Gasteiger partial charge in [-0.25, -0.2) is 4.98 Å². The van der Waals surface area contributed by atoms with Crippen LogP contribution < -0.4 is 5.32 Å². The van der Waals surface area contributed by atoms with Crippen LogP contribution in [0.4, 0.5) is 0 Å². The van der Waals surface area contributed by atoms with E-state index in [4.69, 9.17) is 0 Å². The van der Waals surface area contributed by atoms with Crippen molar-refractivity contribution < 1.29 is 14.3 Å². The van der Waals surface area contributed by atoms with Crippen LogP contribution in [0.1, 0.15) is 25.3 Å². The van der Waals surface area contributed by atoms with Gasteiger partial charge in [-0.05, 0) is 23.6 Å². The molecule has 1 N–H and O–H groups in total. The number of carbonyl (C=O) groups excluding carboxylic acids is 2. The van der Waals surface area contributed by atoms with Crippen LogP contribution in [0.3, 0.4) is 0 Å². The Hall–Kier alpha value is -2.28. The second kappa shape index (κ2) is 8.54. The van der Waals surface area contributed by atoms with Crippen molar-refractivity contribution in [2.24, 2.45) is 0 Å². The molecule has 2 aromatic rings. The van der Waals surface area contributed by atoms with Gasteiger partial charge in [-0.2, -0.15) is 0 Å². The summed E-state index contributed by atoms with van der Waals surface area (Å²) >= 11 is 1.31. The van der Waals surface area contributed by atoms with Gasteiger partial charge in [0.15, 0.2) is 5.16 Å². The van der Waals surface area contributed by atoms with E-state index >= 15 is 0 Å². The highest BCUT2D eigenvalue weighted by Gasteiger charge is 2.10. The molecular weight excluding hydrogens is 326 g/mol. The lowest BCUT2D eigenvalue weighted by Crippen LogP contribution is -2.31. The Morgan fingerprint density at radius 2 is 2.00 bits per heavy atom. The number of thioether (sulfide) groups is 1. The first-order valence-electron chi connectivity index (χ1n) is 7.61. The number of aromatic nitrogens is 2. The third-order valence-electron chi connectivity index (χ3n) is 3.43. The summed E-state index contributed by atoms with van der Waals surface area (Å²) in [5, 5.41) is 3.23. The highest BCUT2D eigenvalue weighted by atomic mass is 32.2. The molecule has 2 rings (SSSR count). The second-order valence-electron chi connectivity index (χ2n) is 5.47. The molecule has 0 unspecified atom stereocenters. The third kappa shape index (κ3) is 4.86. The van der Waals surface area contributed by atoms with Crippen molar-refractivity contribution in [1.29, 1.82) is 0 Å². The monoisotopic (exact) mass is 347 g/mol. The molecule has 1 amide bonds. The smallest absolute Gasteiger partial charge is 0.325 e. The first-order chi connectivity index (χ1) is 11.5. The van der Waals surface area contributed by atoms with Crippen LogP contribution in [0, 0.1) is 0 Å². The summed E-state index contributed by atoms with van der Waals surface area (Å²) < 4.78 is 6.41.